The van der Waals surface area contributed by atoms with Gasteiger partial charge in [-0.3, -0.25) is 0 Å². The highest BCUT2D eigenvalue weighted by Crippen LogP contribution is 2.21. The predicted molar refractivity (Wildman–Crippen MR) is 75.6 cm³/mol. The minimum Gasteiger partial charge on any atom is -0.198 e. The van der Waals surface area contributed by atoms with Crippen LogP contribution in [0.3, 0.4) is 0 Å². The summed E-state index contributed by atoms with van der Waals surface area (Å²) in [6, 6.07) is 7.91. The summed E-state index contributed by atoms with van der Waals surface area (Å²) in [6.07, 6.45) is 1.22. The second-order valence-corrected chi connectivity index (χ2v) is 6.96. The van der Waals surface area contributed by atoms with Crippen molar-refractivity contribution in [1.29, 1.82) is 0 Å². The third kappa shape index (κ3) is 3.11. The van der Waals surface area contributed by atoms with Gasteiger partial charge in [-0.05, 0) is 23.6 Å². The van der Waals surface area contributed by atoms with E-state index in [4.69, 9.17) is 23.2 Å². The molecule has 0 unspecified atom stereocenters. The maximum Gasteiger partial charge on any atom is 0.291 e. The summed E-state index contributed by atoms with van der Waals surface area (Å²) in [5.41, 5.74) is 0.501. The minimum absolute atomic E-state index is 0.198. The SMILES string of the molecule is O=S(=O)(/N=C\c1ccc(Cl)cc1Cl)c1cccs1. The molecule has 0 aliphatic rings. The lowest BCUT2D eigenvalue weighted by atomic mass is 10.2. The number of rotatable bonds is 3. The lowest BCUT2D eigenvalue weighted by molar-refractivity contribution is 0.600. The molecule has 0 N–H and O–H groups in total. The molecule has 18 heavy (non-hydrogen) atoms. The molecule has 0 aliphatic carbocycles. The Morgan fingerprint density at radius 2 is 2.00 bits per heavy atom. The number of halogens is 2. The predicted octanol–water partition coefficient (Wildman–Crippen LogP) is 3.86. The largest absolute Gasteiger partial charge is 0.291 e. The highest BCUT2D eigenvalue weighted by molar-refractivity contribution is 7.92. The van der Waals surface area contributed by atoms with Gasteiger partial charge >= 0.3 is 0 Å². The van der Waals surface area contributed by atoms with Crippen molar-refractivity contribution in [2.24, 2.45) is 4.40 Å². The highest BCUT2D eigenvalue weighted by atomic mass is 35.5. The van der Waals surface area contributed by atoms with Gasteiger partial charge in [-0.1, -0.05) is 35.3 Å². The lowest BCUT2D eigenvalue weighted by Crippen LogP contribution is -1.95. The van der Waals surface area contributed by atoms with Crippen LogP contribution in [-0.2, 0) is 10.0 Å². The standard InChI is InChI=1S/C11H7Cl2NO2S2/c12-9-4-3-8(10(13)6-9)7-14-18(15,16)11-2-1-5-17-11/h1-7H/b14-7-. The Labute approximate surface area is 119 Å². The molecule has 3 nitrogen and oxygen atoms in total. The van der Waals surface area contributed by atoms with E-state index in [0.717, 1.165) is 11.3 Å². The normalized spacial score (nSPS) is 12.1. The molecule has 0 spiro atoms. The molecule has 7 heteroatoms. The summed E-state index contributed by atoms with van der Waals surface area (Å²) in [6.45, 7) is 0. The number of hydrogen-bond donors (Lipinski definition) is 0. The fourth-order valence-corrected chi connectivity index (χ4v) is 3.49. The average Bonchev–Trinajstić information content (AvgIpc) is 2.82. The molecular weight excluding hydrogens is 313 g/mol. The van der Waals surface area contributed by atoms with Crippen molar-refractivity contribution < 1.29 is 8.42 Å². The molecule has 1 aromatic carbocycles. The van der Waals surface area contributed by atoms with Crippen molar-refractivity contribution in [3.8, 4) is 0 Å². The van der Waals surface area contributed by atoms with Crippen molar-refractivity contribution >= 4 is 50.8 Å². The number of thiophene rings is 1. The van der Waals surface area contributed by atoms with E-state index in [0.29, 0.717) is 15.6 Å². The molecule has 0 atom stereocenters. The van der Waals surface area contributed by atoms with E-state index in [1.54, 1.807) is 23.6 Å². The Bertz CT molecular complexity index is 679. The van der Waals surface area contributed by atoms with Gasteiger partial charge in [-0.25, -0.2) is 0 Å². The zero-order valence-electron chi connectivity index (χ0n) is 8.88. The van der Waals surface area contributed by atoms with Gasteiger partial charge in [0.25, 0.3) is 10.0 Å². The zero-order chi connectivity index (χ0) is 13.2. The van der Waals surface area contributed by atoms with E-state index in [1.165, 1.54) is 18.3 Å². The summed E-state index contributed by atoms with van der Waals surface area (Å²) in [4.78, 5) is 0. The van der Waals surface area contributed by atoms with Gasteiger partial charge in [-0.15, -0.1) is 11.3 Å². The Hall–Kier alpha value is -0.880. The van der Waals surface area contributed by atoms with Crippen LogP contribution in [0.4, 0.5) is 0 Å². The van der Waals surface area contributed by atoms with Crippen LogP contribution >= 0.6 is 34.5 Å². The molecule has 0 saturated heterocycles. The van der Waals surface area contributed by atoms with Crippen LogP contribution in [0.1, 0.15) is 5.56 Å². The molecule has 0 fully saturated rings. The summed E-state index contributed by atoms with van der Waals surface area (Å²) in [7, 11) is -3.65. The van der Waals surface area contributed by atoms with Crippen LogP contribution in [-0.4, -0.2) is 14.6 Å². The maximum absolute atomic E-state index is 11.8. The van der Waals surface area contributed by atoms with E-state index in [1.807, 2.05) is 0 Å². The topological polar surface area (TPSA) is 46.5 Å². The number of sulfonamides is 1. The van der Waals surface area contributed by atoms with Crippen LogP contribution < -0.4 is 0 Å². The van der Waals surface area contributed by atoms with Crippen LogP contribution in [0.5, 0.6) is 0 Å². The Morgan fingerprint density at radius 1 is 1.22 bits per heavy atom. The molecule has 1 heterocycles. The lowest BCUT2D eigenvalue weighted by Gasteiger charge is -1.98. The van der Waals surface area contributed by atoms with Crippen molar-refractivity contribution in [1.82, 2.24) is 0 Å². The van der Waals surface area contributed by atoms with Crippen molar-refractivity contribution in [3.05, 3.63) is 51.3 Å². The Balaban J connectivity index is 2.31. The molecule has 2 aromatic rings. The van der Waals surface area contributed by atoms with Crippen LogP contribution in [0.2, 0.25) is 10.0 Å². The van der Waals surface area contributed by atoms with Crippen LogP contribution in [0, 0.1) is 0 Å². The molecular formula is C11H7Cl2NO2S2. The fourth-order valence-electron chi connectivity index (χ4n) is 1.19. The number of nitrogens with zero attached hydrogens (tertiary/aromatic N) is 1. The molecule has 0 saturated carbocycles. The molecule has 0 aliphatic heterocycles. The van der Waals surface area contributed by atoms with E-state index >= 15 is 0 Å². The van der Waals surface area contributed by atoms with Crippen molar-refractivity contribution in [3.63, 3.8) is 0 Å². The van der Waals surface area contributed by atoms with E-state index in [9.17, 15) is 8.42 Å². The monoisotopic (exact) mass is 319 g/mol. The highest BCUT2D eigenvalue weighted by Gasteiger charge is 2.12. The number of benzene rings is 1. The molecule has 94 valence electrons. The van der Waals surface area contributed by atoms with Gasteiger partial charge in [0.15, 0.2) is 0 Å². The second kappa shape index (κ2) is 5.40. The minimum atomic E-state index is -3.65. The quantitative estimate of drug-likeness (QED) is 0.806. The molecule has 2 rings (SSSR count). The van der Waals surface area contributed by atoms with Gasteiger partial charge < -0.3 is 0 Å². The first-order valence-electron chi connectivity index (χ1n) is 4.78. The van der Waals surface area contributed by atoms with Crippen molar-refractivity contribution in [2.75, 3.05) is 0 Å². The summed E-state index contributed by atoms with van der Waals surface area (Å²) >= 11 is 12.8. The summed E-state index contributed by atoms with van der Waals surface area (Å²) < 4.78 is 27.4. The first-order chi connectivity index (χ1) is 8.49. The van der Waals surface area contributed by atoms with E-state index in [-0.39, 0.29) is 4.21 Å². The molecule has 0 radical (unpaired) electrons. The number of hydrogen-bond acceptors (Lipinski definition) is 3. The third-order valence-corrected chi connectivity index (χ3v) is 5.21. The molecule has 0 bridgehead atoms. The fraction of sp³-hybridized carbons (Fsp3) is 0. The third-order valence-electron chi connectivity index (χ3n) is 2.04. The van der Waals surface area contributed by atoms with E-state index in [2.05, 4.69) is 4.40 Å². The van der Waals surface area contributed by atoms with Crippen LogP contribution in [0.25, 0.3) is 0 Å². The van der Waals surface area contributed by atoms with Crippen molar-refractivity contribution in [2.45, 2.75) is 4.21 Å². The van der Waals surface area contributed by atoms with Gasteiger partial charge in [0.05, 0.1) is 5.02 Å². The second-order valence-electron chi connectivity index (χ2n) is 3.31. The Kier molecular flexibility index (Phi) is 4.07. The van der Waals surface area contributed by atoms with Gasteiger partial charge in [0, 0.05) is 16.8 Å². The summed E-state index contributed by atoms with van der Waals surface area (Å²) in [5, 5.41) is 2.52. The van der Waals surface area contributed by atoms with Gasteiger partial charge in [0.2, 0.25) is 0 Å². The first kappa shape index (κ1) is 13.5. The van der Waals surface area contributed by atoms with E-state index < -0.39 is 10.0 Å². The van der Waals surface area contributed by atoms with Gasteiger partial charge in [0.1, 0.15) is 4.21 Å². The first-order valence-corrected chi connectivity index (χ1v) is 7.85. The molecule has 0 amide bonds. The smallest absolute Gasteiger partial charge is 0.198 e. The van der Waals surface area contributed by atoms with Gasteiger partial charge in [-0.2, -0.15) is 12.8 Å². The maximum atomic E-state index is 11.8. The summed E-state index contributed by atoms with van der Waals surface area (Å²) in [5.74, 6) is 0. The Morgan fingerprint density at radius 3 is 2.61 bits per heavy atom. The average molecular weight is 320 g/mol. The van der Waals surface area contributed by atoms with Crippen LogP contribution in [0.15, 0.2) is 44.3 Å². The zero-order valence-corrected chi connectivity index (χ0v) is 12.0. The molecule has 1 aromatic heterocycles.